The first kappa shape index (κ1) is 15.1. The van der Waals surface area contributed by atoms with E-state index in [4.69, 9.17) is 11.6 Å². The SMILES string of the molecule is CN(C)C(=O)CCC1CCCN(c2ccc(Cl)cn2)C1. The number of halogens is 1. The summed E-state index contributed by atoms with van der Waals surface area (Å²) in [7, 11) is 3.63. The Labute approximate surface area is 125 Å². The summed E-state index contributed by atoms with van der Waals surface area (Å²) in [5, 5.41) is 0.666. The van der Waals surface area contributed by atoms with E-state index in [0.29, 0.717) is 17.4 Å². The topological polar surface area (TPSA) is 36.4 Å². The van der Waals surface area contributed by atoms with E-state index in [2.05, 4.69) is 9.88 Å². The second-order valence-electron chi connectivity index (χ2n) is 5.62. The second kappa shape index (κ2) is 6.93. The number of nitrogens with zero attached hydrogens (tertiary/aromatic N) is 3. The van der Waals surface area contributed by atoms with E-state index in [1.807, 2.05) is 26.2 Å². The highest BCUT2D eigenvalue weighted by Gasteiger charge is 2.21. The Morgan fingerprint density at radius 1 is 1.50 bits per heavy atom. The van der Waals surface area contributed by atoms with Crippen molar-refractivity contribution in [1.82, 2.24) is 9.88 Å². The zero-order valence-corrected chi connectivity index (χ0v) is 12.9. The third-order valence-corrected chi connectivity index (χ3v) is 4.04. The molecule has 1 atom stereocenters. The summed E-state index contributed by atoms with van der Waals surface area (Å²) < 4.78 is 0. The van der Waals surface area contributed by atoms with E-state index in [-0.39, 0.29) is 5.91 Å². The van der Waals surface area contributed by atoms with Gasteiger partial charge in [0.25, 0.3) is 0 Å². The molecule has 0 radical (unpaired) electrons. The molecule has 0 aromatic carbocycles. The third kappa shape index (κ3) is 4.10. The Morgan fingerprint density at radius 2 is 2.30 bits per heavy atom. The summed E-state index contributed by atoms with van der Waals surface area (Å²) in [5.41, 5.74) is 0. The van der Waals surface area contributed by atoms with Gasteiger partial charge in [-0.25, -0.2) is 4.98 Å². The van der Waals surface area contributed by atoms with Crippen LogP contribution in [0.15, 0.2) is 18.3 Å². The third-order valence-electron chi connectivity index (χ3n) is 3.82. The van der Waals surface area contributed by atoms with Crippen molar-refractivity contribution in [2.24, 2.45) is 5.92 Å². The number of anilines is 1. The number of rotatable bonds is 4. The quantitative estimate of drug-likeness (QED) is 0.857. The average Bonchev–Trinajstić information content (AvgIpc) is 2.45. The van der Waals surface area contributed by atoms with Crippen LogP contribution in [0.4, 0.5) is 5.82 Å². The molecule has 1 saturated heterocycles. The maximum atomic E-state index is 11.7. The number of carbonyl (C=O) groups excluding carboxylic acids is 1. The minimum Gasteiger partial charge on any atom is -0.356 e. The lowest BCUT2D eigenvalue weighted by Gasteiger charge is -2.33. The molecule has 1 aromatic rings. The van der Waals surface area contributed by atoms with Crippen LogP contribution < -0.4 is 4.90 Å². The number of carbonyl (C=O) groups is 1. The van der Waals surface area contributed by atoms with Crippen LogP contribution in [-0.2, 0) is 4.79 Å². The predicted octanol–water partition coefficient (Wildman–Crippen LogP) is 2.82. The average molecular weight is 296 g/mol. The molecule has 1 unspecified atom stereocenters. The molecule has 0 saturated carbocycles. The van der Waals surface area contributed by atoms with E-state index >= 15 is 0 Å². The molecule has 110 valence electrons. The van der Waals surface area contributed by atoms with Crippen molar-refractivity contribution in [2.75, 3.05) is 32.1 Å². The molecule has 0 spiro atoms. The Kier molecular flexibility index (Phi) is 5.24. The summed E-state index contributed by atoms with van der Waals surface area (Å²) in [6.45, 7) is 2.02. The Balaban J connectivity index is 1.88. The first-order chi connectivity index (χ1) is 9.56. The molecule has 1 fully saturated rings. The molecule has 0 aliphatic carbocycles. The van der Waals surface area contributed by atoms with Crippen LogP contribution in [-0.4, -0.2) is 43.0 Å². The van der Waals surface area contributed by atoms with Crippen LogP contribution in [0.5, 0.6) is 0 Å². The van der Waals surface area contributed by atoms with Crippen LogP contribution in [0.3, 0.4) is 0 Å². The molecule has 4 nitrogen and oxygen atoms in total. The molecule has 2 heterocycles. The number of piperidine rings is 1. The molecule has 1 aliphatic heterocycles. The Bertz CT molecular complexity index is 447. The lowest BCUT2D eigenvalue weighted by molar-refractivity contribution is -0.129. The minimum atomic E-state index is 0.215. The van der Waals surface area contributed by atoms with Crippen LogP contribution in [0.25, 0.3) is 0 Å². The van der Waals surface area contributed by atoms with Gasteiger partial charge in [0.15, 0.2) is 0 Å². The number of aromatic nitrogens is 1. The van der Waals surface area contributed by atoms with Crippen LogP contribution >= 0.6 is 11.6 Å². The fraction of sp³-hybridized carbons (Fsp3) is 0.600. The summed E-state index contributed by atoms with van der Waals surface area (Å²) in [5.74, 6) is 1.77. The van der Waals surface area contributed by atoms with Gasteiger partial charge in [-0.1, -0.05) is 11.6 Å². The largest absolute Gasteiger partial charge is 0.356 e. The monoisotopic (exact) mass is 295 g/mol. The maximum Gasteiger partial charge on any atom is 0.222 e. The number of hydrogen-bond acceptors (Lipinski definition) is 3. The van der Waals surface area contributed by atoms with Gasteiger partial charge in [0.1, 0.15) is 5.82 Å². The van der Waals surface area contributed by atoms with Gasteiger partial charge in [0.2, 0.25) is 5.91 Å². The smallest absolute Gasteiger partial charge is 0.222 e. The van der Waals surface area contributed by atoms with E-state index in [9.17, 15) is 4.79 Å². The highest BCUT2D eigenvalue weighted by atomic mass is 35.5. The van der Waals surface area contributed by atoms with E-state index in [1.165, 1.54) is 6.42 Å². The number of hydrogen-bond donors (Lipinski definition) is 0. The zero-order valence-electron chi connectivity index (χ0n) is 12.2. The zero-order chi connectivity index (χ0) is 14.5. The van der Waals surface area contributed by atoms with Crippen molar-refractivity contribution in [1.29, 1.82) is 0 Å². The number of amides is 1. The highest BCUT2D eigenvalue weighted by Crippen LogP contribution is 2.25. The first-order valence-corrected chi connectivity index (χ1v) is 7.50. The van der Waals surface area contributed by atoms with Gasteiger partial charge in [-0.3, -0.25) is 4.79 Å². The van der Waals surface area contributed by atoms with Crippen molar-refractivity contribution in [3.8, 4) is 0 Å². The Morgan fingerprint density at radius 3 is 2.95 bits per heavy atom. The van der Waals surface area contributed by atoms with Crippen molar-refractivity contribution < 1.29 is 4.79 Å². The molecule has 20 heavy (non-hydrogen) atoms. The standard InChI is InChI=1S/C15H22ClN3O/c1-18(2)15(20)8-5-12-4-3-9-19(11-12)14-7-6-13(16)10-17-14/h6-7,10,12H,3-5,8-9,11H2,1-2H3. The summed E-state index contributed by atoms with van der Waals surface area (Å²) in [6.07, 6.45) is 5.65. The molecule has 5 heteroatoms. The molecule has 1 aromatic heterocycles. The first-order valence-electron chi connectivity index (χ1n) is 7.13. The van der Waals surface area contributed by atoms with Crippen LogP contribution in [0.2, 0.25) is 5.02 Å². The lowest BCUT2D eigenvalue weighted by Crippen LogP contribution is -2.36. The molecule has 1 aliphatic rings. The van der Waals surface area contributed by atoms with Crippen molar-refractivity contribution in [3.63, 3.8) is 0 Å². The van der Waals surface area contributed by atoms with Gasteiger partial charge >= 0.3 is 0 Å². The molecule has 1 amide bonds. The molecular formula is C15H22ClN3O. The molecule has 2 rings (SSSR count). The lowest BCUT2D eigenvalue weighted by atomic mass is 9.93. The minimum absolute atomic E-state index is 0.215. The second-order valence-corrected chi connectivity index (χ2v) is 6.05. The molecule has 0 N–H and O–H groups in total. The number of pyridine rings is 1. The molecular weight excluding hydrogens is 274 g/mol. The van der Waals surface area contributed by atoms with Gasteiger partial charge in [-0.2, -0.15) is 0 Å². The van der Waals surface area contributed by atoms with Gasteiger partial charge in [0.05, 0.1) is 5.02 Å². The van der Waals surface area contributed by atoms with Crippen LogP contribution in [0.1, 0.15) is 25.7 Å². The van der Waals surface area contributed by atoms with Gasteiger partial charge in [-0.15, -0.1) is 0 Å². The fourth-order valence-corrected chi connectivity index (χ4v) is 2.73. The van der Waals surface area contributed by atoms with Crippen molar-refractivity contribution in [2.45, 2.75) is 25.7 Å². The maximum absolute atomic E-state index is 11.7. The fourth-order valence-electron chi connectivity index (χ4n) is 2.62. The molecule has 0 bridgehead atoms. The summed E-state index contributed by atoms with van der Waals surface area (Å²) >= 11 is 5.87. The highest BCUT2D eigenvalue weighted by molar-refractivity contribution is 6.30. The normalized spacial score (nSPS) is 18.9. The predicted molar refractivity (Wildman–Crippen MR) is 82.1 cm³/mol. The van der Waals surface area contributed by atoms with Crippen molar-refractivity contribution in [3.05, 3.63) is 23.4 Å². The van der Waals surface area contributed by atoms with Crippen LogP contribution in [0, 0.1) is 5.92 Å². The Hall–Kier alpha value is -1.29. The van der Waals surface area contributed by atoms with E-state index < -0.39 is 0 Å². The summed E-state index contributed by atoms with van der Waals surface area (Å²) in [6, 6.07) is 3.85. The van der Waals surface area contributed by atoms with Gasteiger partial charge < -0.3 is 9.80 Å². The summed E-state index contributed by atoms with van der Waals surface area (Å²) in [4.78, 5) is 20.0. The van der Waals surface area contributed by atoms with Gasteiger partial charge in [-0.05, 0) is 37.3 Å². The van der Waals surface area contributed by atoms with Gasteiger partial charge in [0, 0.05) is 39.8 Å². The van der Waals surface area contributed by atoms with E-state index in [0.717, 1.165) is 31.7 Å². The van der Waals surface area contributed by atoms with Crippen molar-refractivity contribution >= 4 is 23.3 Å². The van der Waals surface area contributed by atoms with E-state index in [1.54, 1.807) is 11.1 Å².